The van der Waals surface area contributed by atoms with E-state index in [4.69, 9.17) is 5.73 Å². The summed E-state index contributed by atoms with van der Waals surface area (Å²) in [6, 6.07) is 5.70. The first-order valence-corrected chi connectivity index (χ1v) is 6.45. The molecule has 96 valence electrons. The van der Waals surface area contributed by atoms with Gasteiger partial charge in [0.1, 0.15) is 5.82 Å². The number of para-hydroxylation sites is 1. The number of hydrogen-bond acceptors (Lipinski definition) is 3. The predicted octanol–water partition coefficient (Wildman–Crippen LogP) is 0.397. The average Bonchev–Trinajstić information content (AvgIpc) is 2.26. The SMILES string of the molecule is CN(C)S(=O)(=O)N(CCN)c1ccccc1F. The van der Waals surface area contributed by atoms with Crippen molar-refractivity contribution in [1.82, 2.24) is 4.31 Å². The van der Waals surface area contributed by atoms with Crippen molar-refractivity contribution < 1.29 is 12.8 Å². The fraction of sp³-hybridized carbons (Fsp3) is 0.400. The molecule has 0 saturated carbocycles. The van der Waals surface area contributed by atoms with Crippen LogP contribution in [0.4, 0.5) is 10.1 Å². The Kier molecular flexibility index (Phi) is 4.44. The van der Waals surface area contributed by atoms with Crippen LogP contribution in [-0.4, -0.2) is 39.9 Å². The second-order valence-electron chi connectivity index (χ2n) is 3.60. The first-order chi connectivity index (χ1) is 7.91. The quantitative estimate of drug-likeness (QED) is 0.834. The van der Waals surface area contributed by atoms with Gasteiger partial charge in [-0.1, -0.05) is 12.1 Å². The van der Waals surface area contributed by atoms with Crippen molar-refractivity contribution >= 4 is 15.9 Å². The second-order valence-corrected chi connectivity index (χ2v) is 5.67. The highest BCUT2D eigenvalue weighted by Gasteiger charge is 2.26. The van der Waals surface area contributed by atoms with Crippen LogP contribution in [0.5, 0.6) is 0 Å². The summed E-state index contributed by atoms with van der Waals surface area (Å²) in [5, 5.41) is 0. The van der Waals surface area contributed by atoms with Gasteiger partial charge in [0.15, 0.2) is 0 Å². The van der Waals surface area contributed by atoms with Gasteiger partial charge in [-0.05, 0) is 12.1 Å². The third-order valence-corrected chi connectivity index (χ3v) is 4.05. The molecule has 1 aromatic rings. The summed E-state index contributed by atoms with van der Waals surface area (Å²) in [4.78, 5) is 0. The molecule has 0 atom stereocenters. The minimum Gasteiger partial charge on any atom is -0.329 e. The van der Waals surface area contributed by atoms with Gasteiger partial charge in [0.05, 0.1) is 5.69 Å². The van der Waals surface area contributed by atoms with Crippen LogP contribution in [-0.2, 0) is 10.2 Å². The van der Waals surface area contributed by atoms with E-state index in [0.29, 0.717) is 0 Å². The molecule has 1 aromatic carbocycles. The Morgan fingerprint density at radius 3 is 2.35 bits per heavy atom. The lowest BCUT2D eigenvalue weighted by molar-refractivity contribution is 0.513. The van der Waals surface area contributed by atoms with Gasteiger partial charge in [0, 0.05) is 27.2 Å². The van der Waals surface area contributed by atoms with E-state index in [2.05, 4.69) is 0 Å². The number of halogens is 1. The molecule has 7 heteroatoms. The molecule has 0 aliphatic heterocycles. The van der Waals surface area contributed by atoms with E-state index in [0.717, 1.165) is 8.61 Å². The second kappa shape index (κ2) is 5.44. The van der Waals surface area contributed by atoms with Gasteiger partial charge in [0.25, 0.3) is 0 Å². The maximum absolute atomic E-state index is 13.6. The molecule has 17 heavy (non-hydrogen) atoms. The largest absolute Gasteiger partial charge is 0.329 e. The number of hydrogen-bond donors (Lipinski definition) is 1. The van der Waals surface area contributed by atoms with Crippen LogP contribution in [0.2, 0.25) is 0 Å². The summed E-state index contributed by atoms with van der Waals surface area (Å²) in [5.41, 5.74) is 5.37. The number of nitrogens with zero attached hydrogens (tertiary/aromatic N) is 2. The molecule has 5 nitrogen and oxygen atoms in total. The average molecular weight is 261 g/mol. The van der Waals surface area contributed by atoms with Gasteiger partial charge in [-0.2, -0.15) is 12.7 Å². The fourth-order valence-corrected chi connectivity index (χ4v) is 2.46. The van der Waals surface area contributed by atoms with Gasteiger partial charge in [-0.25, -0.2) is 4.39 Å². The van der Waals surface area contributed by atoms with E-state index in [-0.39, 0.29) is 18.8 Å². The summed E-state index contributed by atoms with van der Waals surface area (Å²) >= 11 is 0. The maximum Gasteiger partial charge on any atom is 0.303 e. The van der Waals surface area contributed by atoms with E-state index in [1.54, 1.807) is 6.07 Å². The molecule has 0 fully saturated rings. The Balaban J connectivity index is 3.24. The molecule has 0 unspecified atom stereocenters. The van der Waals surface area contributed by atoms with Crippen molar-refractivity contribution in [3.63, 3.8) is 0 Å². The summed E-state index contributed by atoms with van der Waals surface area (Å²) < 4.78 is 39.6. The molecule has 0 radical (unpaired) electrons. The zero-order valence-electron chi connectivity index (χ0n) is 9.80. The molecular weight excluding hydrogens is 245 g/mol. The normalized spacial score (nSPS) is 11.8. The fourth-order valence-electron chi connectivity index (χ4n) is 1.33. The topological polar surface area (TPSA) is 66.6 Å². The van der Waals surface area contributed by atoms with Crippen LogP contribution in [0.25, 0.3) is 0 Å². The highest BCUT2D eigenvalue weighted by molar-refractivity contribution is 7.90. The number of anilines is 1. The Morgan fingerprint density at radius 1 is 1.29 bits per heavy atom. The first-order valence-electron chi connectivity index (χ1n) is 5.06. The lowest BCUT2D eigenvalue weighted by atomic mass is 10.3. The Morgan fingerprint density at radius 2 is 1.88 bits per heavy atom. The molecule has 1 rings (SSSR count). The third-order valence-electron chi connectivity index (χ3n) is 2.19. The van der Waals surface area contributed by atoms with Crippen molar-refractivity contribution in [1.29, 1.82) is 0 Å². The van der Waals surface area contributed by atoms with E-state index in [1.165, 1.54) is 32.3 Å². The summed E-state index contributed by atoms with van der Waals surface area (Å²) in [7, 11) is -0.953. The Bertz CT molecular complexity index is 476. The van der Waals surface area contributed by atoms with Crippen LogP contribution in [0.3, 0.4) is 0 Å². The van der Waals surface area contributed by atoms with Gasteiger partial charge in [-0.15, -0.1) is 0 Å². The maximum atomic E-state index is 13.6. The molecule has 2 N–H and O–H groups in total. The van der Waals surface area contributed by atoms with Crippen molar-refractivity contribution in [2.24, 2.45) is 5.73 Å². The highest BCUT2D eigenvalue weighted by Crippen LogP contribution is 2.22. The third kappa shape index (κ3) is 2.93. The minimum absolute atomic E-state index is 0.00616. The van der Waals surface area contributed by atoms with E-state index in [9.17, 15) is 12.8 Å². The lowest BCUT2D eigenvalue weighted by Crippen LogP contribution is -2.43. The van der Waals surface area contributed by atoms with Crippen LogP contribution < -0.4 is 10.0 Å². The predicted molar refractivity (Wildman–Crippen MR) is 65.4 cm³/mol. The minimum atomic E-state index is -3.73. The van der Waals surface area contributed by atoms with Crippen molar-refractivity contribution in [3.05, 3.63) is 30.1 Å². The van der Waals surface area contributed by atoms with Crippen LogP contribution in [0, 0.1) is 5.82 Å². The molecule has 0 spiro atoms. The van der Waals surface area contributed by atoms with Crippen molar-refractivity contribution in [3.8, 4) is 0 Å². The van der Waals surface area contributed by atoms with Crippen LogP contribution >= 0.6 is 0 Å². The number of nitrogens with two attached hydrogens (primary N) is 1. The molecule has 0 aliphatic rings. The van der Waals surface area contributed by atoms with E-state index in [1.807, 2.05) is 0 Å². The van der Waals surface area contributed by atoms with Crippen LogP contribution in [0.15, 0.2) is 24.3 Å². The summed E-state index contributed by atoms with van der Waals surface area (Å²) in [5.74, 6) is -0.591. The Hall–Kier alpha value is -1.18. The smallest absolute Gasteiger partial charge is 0.303 e. The molecule has 0 aliphatic carbocycles. The summed E-state index contributed by atoms with van der Waals surface area (Å²) in [6.45, 7) is 0.142. The van der Waals surface area contributed by atoms with E-state index >= 15 is 0 Å². The molecule has 0 saturated heterocycles. The first kappa shape index (κ1) is 13.9. The van der Waals surface area contributed by atoms with Crippen molar-refractivity contribution in [2.45, 2.75) is 0 Å². The highest BCUT2D eigenvalue weighted by atomic mass is 32.2. The van der Waals surface area contributed by atoms with Crippen molar-refractivity contribution in [2.75, 3.05) is 31.5 Å². The molecular formula is C10H16FN3O2S. The summed E-state index contributed by atoms with van der Waals surface area (Å²) in [6.07, 6.45) is 0. The zero-order chi connectivity index (χ0) is 13.1. The van der Waals surface area contributed by atoms with Gasteiger partial charge < -0.3 is 5.73 Å². The molecule has 0 amide bonds. The monoisotopic (exact) mass is 261 g/mol. The Labute approximate surface area is 101 Å². The van der Waals surface area contributed by atoms with Gasteiger partial charge in [0.2, 0.25) is 0 Å². The van der Waals surface area contributed by atoms with Gasteiger partial charge in [-0.3, -0.25) is 4.31 Å². The molecule has 0 heterocycles. The van der Waals surface area contributed by atoms with Crippen LogP contribution in [0.1, 0.15) is 0 Å². The zero-order valence-corrected chi connectivity index (χ0v) is 10.6. The molecule has 0 aromatic heterocycles. The standard InChI is InChI=1S/C10H16FN3O2S/c1-13(2)17(15,16)14(8-7-12)10-6-4-3-5-9(10)11/h3-6H,7-8,12H2,1-2H3. The number of benzene rings is 1. The van der Waals surface area contributed by atoms with Gasteiger partial charge >= 0.3 is 10.2 Å². The molecule has 0 bridgehead atoms. The number of rotatable bonds is 5. The van der Waals surface area contributed by atoms with E-state index < -0.39 is 16.0 Å². The lowest BCUT2D eigenvalue weighted by Gasteiger charge is -2.27.